The van der Waals surface area contributed by atoms with Gasteiger partial charge in [-0.1, -0.05) is 6.07 Å². The summed E-state index contributed by atoms with van der Waals surface area (Å²) in [6.07, 6.45) is 3.17. The van der Waals surface area contributed by atoms with Gasteiger partial charge in [0.2, 0.25) is 5.91 Å². The van der Waals surface area contributed by atoms with E-state index in [0.717, 1.165) is 42.9 Å². The molecule has 1 aromatic heterocycles. The smallest absolute Gasteiger partial charge is 0.253 e. The van der Waals surface area contributed by atoms with Gasteiger partial charge >= 0.3 is 0 Å². The number of nitrogens with one attached hydrogen (secondary N) is 1. The second-order valence-electron chi connectivity index (χ2n) is 6.90. The summed E-state index contributed by atoms with van der Waals surface area (Å²) >= 11 is 0. The molecule has 2 aromatic rings. The summed E-state index contributed by atoms with van der Waals surface area (Å²) in [6, 6.07) is 7.20. The molecule has 1 aromatic carbocycles. The number of amides is 2. The monoisotopic (exact) mass is 354 g/mol. The topological polar surface area (TPSA) is 67.2 Å². The van der Waals surface area contributed by atoms with Crippen LogP contribution in [0.1, 0.15) is 46.6 Å². The zero-order valence-electron chi connectivity index (χ0n) is 15.7. The number of nitrogens with zero attached hydrogens (tertiary/aromatic N) is 3. The van der Waals surface area contributed by atoms with Crippen LogP contribution in [0.15, 0.2) is 24.3 Å². The van der Waals surface area contributed by atoms with Crippen molar-refractivity contribution in [2.75, 3.05) is 18.4 Å². The molecule has 2 heterocycles. The zero-order valence-corrected chi connectivity index (χ0v) is 15.7. The normalized spacial score (nSPS) is 13.9. The van der Waals surface area contributed by atoms with E-state index in [4.69, 9.17) is 0 Å². The molecular weight excluding hydrogens is 328 g/mol. The van der Waals surface area contributed by atoms with Crippen molar-refractivity contribution >= 4 is 17.5 Å². The third-order valence-electron chi connectivity index (χ3n) is 5.05. The highest BCUT2D eigenvalue weighted by Gasteiger charge is 2.19. The summed E-state index contributed by atoms with van der Waals surface area (Å²) in [7, 11) is 1.91. The lowest BCUT2D eigenvalue weighted by molar-refractivity contribution is -0.116. The van der Waals surface area contributed by atoms with E-state index in [9.17, 15) is 9.59 Å². The van der Waals surface area contributed by atoms with E-state index in [0.29, 0.717) is 24.1 Å². The minimum absolute atomic E-state index is 0.0419. The summed E-state index contributed by atoms with van der Waals surface area (Å²) in [4.78, 5) is 26.7. The minimum atomic E-state index is -0.0570. The van der Waals surface area contributed by atoms with Crippen LogP contribution in [0, 0.1) is 13.8 Å². The Hall–Kier alpha value is -2.63. The fourth-order valence-electron chi connectivity index (χ4n) is 3.47. The standard InChI is InChI=1S/C20H26N4O2/c1-14-18(15(2)23(3)22-14)9-10-19(25)21-17-8-6-7-16(13-17)20(26)24-11-4-5-12-24/h6-8,13H,4-5,9-12H2,1-3H3,(H,21,25). The Morgan fingerprint density at radius 3 is 2.58 bits per heavy atom. The van der Waals surface area contributed by atoms with Crippen molar-refractivity contribution in [3.63, 3.8) is 0 Å². The first-order valence-electron chi connectivity index (χ1n) is 9.14. The molecule has 1 aliphatic heterocycles. The Morgan fingerprint density at radius 1 is 1.19 bits per heavy atom. The number of likely N-dealkylation sites (tertiary alicyclic amines) is 1. The number of rotatable bonds is 5. The third kappa shape index (κ3) is 3.95. The van der Waals surface area contributed by atoms with Crippen molar-refractivity contribution in [1.82, 2.24) is 14.7 Å². The molecule has 0 aliphatic carbocycles. The van der Waals surface area contributed by atoms with Crippen molar-refractivity contribution < 1.29 is 9.59 Å². The molecule has 1 fully saturated rings. The Labute approximate surface area is 154 Å². The molecule has 0 unspecified atom stereocenters. The van der Waals surface area contributed by atoms with Gasteiger partial charge in [0, 0.05) is 43.5 Å². The molecule has 0 atom stereocenters. The maximum absolute atomic E-state index is 12.5. The lowest BCUT2D eigenvalue weighted by Crippen LogP contribution is -2.27. The fraction of sp³-hybridized carbons (Fsp3) is 0.450. The van der Waals surface area contributed by atoms with E-state index >= 15 is 0 Å². The van der Waals surface area contributed by atoms with Crippen LogP contribution in [0.25, 0.3) is 0 Å². The molecule has 26 heavy (non-hydrogen) atoms. The summed E-state index contributed by atoms with van der Waals surface area (Å²) < 4.78 is 1.84. The number of carbonyl (C=O) groups excluding carboxylic acids is 2. The average molecular weight is 354 g/mol. The molecule has 0 radical (unpaired) electrons. The first-order chi connectivity index (χ1) is 12.5. The fourth-order valence-corrected chi connectivity index (χ4v) is 3.47. The summed E-state index contributed by atoms with van der Waals surface area (Å²) in [5.41, 5.74) is 4.48. The van der Waals surface area contributed by atoms with E-state index in [-0.39, 0.29) is 11.8 Å². The van der Waals surface area contributed by atoms with Gasteiger partial charge in [0.25, 0.3) is 5.91 Å². The average Bonchev–Trinajstić information content (AvgIpc) is 3.23. The van der Waals surface area contributed by atoms with Gasteiger partial charge in [-0.15, -0.1) is 0 Å². The minimum Gasteiger partial charge on any atom is -0.339 e. The molecular formula is C20H26N4O2. The van der Waals surface area contributed by atoms with Crippen LogP contribution in [0.4, 0.5) is 5.69 Å². The molecule has 1 saturated heterocycles. The van der Waals surface area contributed by atoms with Crippen molar-refractivity contribution in [3.8, 4) is 0 Å². The summed E-state index contributed by atoms with van der Waals surface area (Å²) in [5.74, 6) is -0.0152. The molecule has 1 aliphatic rings. The Bertz CT molecular complexity index is 819. The van der Waals surface area contributed by atoms with E-state index in [1.807, 2.05) is 42.6 Å². The number of aryl methyl sites for hydroxylation is 2. The Morgan fingerprint density at radius 2 is 1.92 bits per heavy atom. The molecule has 0 spiro atoms. The van der Waals surface area contributed by atoms with E-state index in [1.165, 1.54) is 0 Å². The highest BCUT2D eigenvalue weighted by atomic mass is 16.2. The van der Waals surface area contributed by atoms with Gasteiger partial charge in [-0.3, -0.25) is 14.3 Å². The van der Waals surface area contributed by atoms with E-state index < -0.39 is 0 Å². The van der Waals surface area contributed by atoms with Crippen LogP contribution in [0.2, 0.25) is 0 Å². The molecule has 0 saturated carbocycles. The highest BCUT2D eigenvalue weighted by molar-refractivity contribution is 5.97. The van der Waals surface area contributed by atoms with Crippen LogP contribution in [-0.2, 0) is 18.3 Å². The summed E-state index contributed by atoms with van der Waals surface area (Å²) in [5, 5.41) is 7.29. The van der Waals surface area contributed by atoms with Gasteiger partial charge in [0.15, 0.2) is 0 Å². The second kappa shape index (κ2) is 7.72. The molecule has 6 heteroatoms. The molecule has 2 amide bonds. The maximum Gasteiger partial charge on any atom is 0.253 e. The molecule has 0 bridgehead atoms. The van der Waals surface area contributed by atoms with Gasteiger partial charge in [0.1, 0.15) is 0 Å². The lowest BCUT2D eigenvalue weighted by Gasteiger charge is -2.15. The van der Waals surface area contributed by atoms with Crippen molar-refractivity contribution in [2.45, 2.75) is 39.5 Å². The SMILES string of the molecule is Cc1nn(C)c(C)c1CCC(=O)Nc1cccc(C(=O)N2CCCC2)c1. The Balaban J connectivity index is 1.60. The van der Waals surface area contributed by atoms with Crippen LogP contribution in [-0.4, -0.2) is 39.6 Å². The van der Waals surface area contributed by atoms with Gasteiger partial charge < -0.3 is 10.2 Å². The Kier molecular flexibility index (Phi) is 5.40. The third-order valence-corrected chi connectivity index (χ3v) is 5.05. The molecule has 1 N–H and O–H groups in total. The molecule has 6 nitrogen and oxygen atoms in total. The number of carbonyl (C=O) groups is 2. The zero-order chi connectivity index (χ0) is 18.7. The number of hydrogen-bond acceptors (Lipinski definition) is 3. The predicted molar refractivity (Wildman–Crippen MR) is 101 cm³/mol. The van der Waals surface area contributed by atoms with Crippen molar-refractivity contribution in [1.29, 1.82) is 0 Å². The maximum atomic E-state index is 12.5. The first-order valence-corrected chi connectivity index (χ1v) is 9.14. The van der Waals surface area contributed by atoms with Crippen molar-refractivity contribution in [2.24, 2.45) is 7.05 Å². The summed E-state index contributed by atoms with van der Waals surface area (Å²) in [6.45, 7) is 5.62. The number of hydrogen-bond donors (Lipinski definition) is 1. The van der Waals surface area contributed by atoms with Gasteiger partial charge in [-0.25, -0.2) is 0 Å². The quantitative estimate of drug-likeness (QED) is 0.898. The lowest BCUT2D eigenvalue weighted by atomic mass is 10.1. The van der Waals surface area contributed by atoms with Crippen LogP contribution < -0.4 is 5.32 Å². The number of aromatic nitrogens is 2. The molecule has 3 rings (SSSR count). The first kappa shape index (κ1) is 18.2. The number of anilines is 1. The van der Waals surface area contributed by atoms with Crippen LogP contribution in [0.3, 0.4) is 0 Å². The molecule has 138 valence electrons. The second-order valence-corrected chi connectivity index (χ2v) is 6.90. The largest absolute Gasteiger partial charge is 0.339 e. The van der Waals surface area contributed by atoms with Gasteiger partial charge in [0.05, 0.1) is 5.69 Å². The number of benzene rings is 1. The van der Waals surface area contributed by atoms with Crippen LogP contribution >= 0.6 is 0 Å². The van der Waals surface area contributed by atoms with Crippen LogP contribution in [0.5, 0.6) is 0 Å². The van der Waals surface area contributed by atoms with Crippen molar-refractivity contribution in [3.05, 3.63) is 46.8 Å². The van der Waals surface area contributed by atoms with Gasteiger partial charge in [-0.2, -0.15) is 5.10 Å². The highest BCUT2D eigenvalue weighted by Crippen LogP contribution is 2.18. The predicted octanol–water partition coefficient (Wildman–Crippen LogP) is 2.84. The van der Waals surface area contributed by atoms with Gasteiger partial charge in [-0.05, 0) is 56.9 Å². The van der Waals surface area contributed by atoms with E-state index in [1.54, 1.807) is 12.1 Å². The van der Waals surface area contributed by atoms with E-state index in [2.05, 4.69) is 10.4 Å².